The maximum atomic E-state index is 13.0. The normalized spacial score (nSPS) is 20.4. The van der Waals surface area contributed by atoms with E-state index in [1.807, 2.05) is 44.3 Å². The van der Waals surface area contributed by atoms with Crippen LogP contribution in [0.1, 0.15) is 58.7 Å². The zero-order valence-electron chi connectivity index (χ0n) is 23.0. The minimum atomic E-state index is -0.369. The minimum absolute atomic E-state index is 0.0171. The maximum Gasteiger partial charge on any atom is 0.321 e. The number of aryl methyl sites for hydroxylation is 1. The van der Waals surface area contributed by atoms with Crippen LogP contribution in [-0.4, -0.2) is 80.7 Å². The van der Waals surface area contributed by atoms with E-state index < -0.39 is 0 Å². The second-order valence-corrected chi connectivity index (χ2v) is 11.1. The molecule has 1 aliphatic rings. The number of carbonyl (C=O) groups is 2. The van der Waals surface area contributed by atoms with E-state index in [4.69, 9.17) is 4.74 Å². The molecule has 204 valence electrons. The van der Waals surface area contributed by atoms with Crippen molar-refractivity contribution in [2.75, 3.05) is 32.1 Å². The predicted molar refractivity (Wildman–Crippen MR) is 142 cm³/mol. The number of nitrogens with zero attached hydrogens (tertiary/aromatic N) is 5. The number of aliphatic hydroxyl groups excluding tert-OH is 1. The van der Waals surface area contributed by atoms with Crippen molar-refractivity contribution in [1.29, 1.82) is 0 Å². The zero-order valence-corrected chi connectivity index (χ0v) is 23.0. The highest BCUT2D eigenvalue weighted by Crippen LogP contribution is 2.24. The molecule has 10 nitrogen and oxygen atoms in total. The molecule has 3 rings (SSSR count). The van der Waals surface area contributed by atoms with Crippen molar-refractivity contribution in [2.24, 2.45) is 5.92 Å². The summed E-state index contributed by atoms with van der Waals surface area (Å²) in [6, 6.07) is 7.32. The van der Waals surface area contributed by atoms with E-state index in [1.165, 1.54) is 5.56 Å². The first-order valence-corrected chi connectivity index (χ1v) is 13.0. The van der Waals surface area contributed by atoms with Crippen LogP contribution in [0.25, 0.3) is 0 Å². The summed E-state index contributed by atoms with van der Waals surface area (Å²) in [6.45, 7) is 11.7. The van der Waals surface area contributed by atoms with Crippen LogP contribution in [0.2, 0.25) is 0 Å². The SMILES string of the molecule is C[C@H](CO)N1C[C@H](C)[C@H](CN(C)C(=O)Nc2ccc(C(C)(C)C)cc2)OCc2cn(nn2)CCCC1=O. The third-order valence-corrected chi connectivity index (χ3v) is 6.85. The molecule has 0 radical (unpaired) electrons. The Labute approximate surface area is 220 Å². The lowest BCUT2D eigenvalue weighted by Gasteiger charge is -2.35. The molecule has 0 saturated carbocycles. The molecule has 37 heavy (non-hydrogen) atoms. The molecule has 1 aliphatic heterocycles. The number of amides is 3. The Hall–Kier alpha value is -2.98. The first kappa shape index (κ1) is 28.6. The average molecular weight is 515 g/mol. The number of benzene rings is 1. The number of nitrogens with one attached hydrogen (secondary N) is 1. The molecule has 1 aromatic carbocycles. The van der Waals surface area contributed by atoms with Gasteiger partial charge in [-0.25, -0.2) is 4.79 Å². The van der Waals surface area contributed by atoms with Crippen LogP contribution in [0.3, 0.4) is 0 Å². The van der Waals surface area contributed by atoms with E-state index in [-0.39, 0.29) is 48.6 Å². The number of ether oxygens (including phenoxy) is 1. The fourth-order valence-electron chi connectivity index (χ4n) is 4.32. The van der Waals surface area contributed by atoms with Gasteiger partial charge in [0, 0.05) is 44.7 Å². The van der Waals surface area contributed by atoms with Crippen LogP contribution >= 0.6 is 0 Å². The number of anilines is 1. The second-order valence-electron chi connectivity index (χ2n) is 11.1. The number of urea groups is 1. The topological polar surface area (TPSA) is 113 Å². The Kier molecular flexibility index (Phi) is 9.67. The van der Waals surface area contributed by atoms with E-state index >= 15 is 0 Å². The maximum absolute atomic E-state index is 13.0. The van der Waals surface area contributed by atoms with Crippen molar-refractivity contribution >= 4 is 17.6 Å². The Morgan fingerprint density at radius 2 is 2.00 bits per heavy atom. The molecule has 0 unspecified atom stereocenters. The summed E-state index contributed by atoms with van der Waals surface area (Å²) in [5.74, 6) is -0.119. The molecule has 10 heteroatoms. The number of hydrogen-bond donors (Lipinski definition) is 2. The highest BCUT2D eigenvalue weighted by molar-refractivity contribution is 5.89. The molecule has 1 aromatic heterocycles. The molecule has 0 aliphatic carbocycles. The van der Waals surface area contributed by atoms with Gasteiger partial charge in [0.25, 0.3) is 0 Å². The molecule has 2 aromatic rings. The lowest BCUT2D eigenvalue weighted by Crippen LogP contribution is -2.48. The average Bonchev–Trinajstić information content (AvgIpc) is 3.31. The fourth-order valence-corrected chi connectivity index (χ4v) is 4.32. The van der Waals surface area contributed by atoms with Crippen LogP contribution in [-0.2, 0) is 28.1 Å². The van der Waals surface area contributed by atoms with Crippen molar-refractivity contribution in [2.45, 2.75) is 78.2 Å². The molecular weight excluding hydrogens is 472 g/mol. The summed E-state index contributed by atoms with van der Waals surface area (Å²) in [6.07, 6.45) is 2.45. The van der Waals surface area contributed by atoms with Crippen LogP contribution < -0.4 is 5.32 Å². The van der Waals surface area contributed by atoms with E-state index in [9.17, 15) is 14.7 Å². The smallest absolute Gasteiger partial charge is 0.321 e. The summed E-state index contributed by atoms with van der Waals surface area (Å²) in [5, 5.41) is 21.0. The molecule has 0 saturated heterocycles. The molecule has 2 bridgehead atoms. The number of aromatic nitrogens is 3. The van der Waals surface area contributed by atoms with Crippen molar-refractivity contribution in [1.82, 2.24) is 24.8 Å². The third-order valence-electron chi connectivity index (χ3n) is 6.85. The number of aliphatic hydroxyl groups is 1. The molecule has 2 heterocycles. The quantitative estimate of drug-likeness (QED) is 0.633. The van der Waals surface area contributed by atoms with Crippen molar-refractivity contribution in [3.05, 3.63) is 41.7 Å². The summed E-state index contributed by atoms with van der Waals surface area (Å²) >= 11 is 0. The van der Waals surface area contributed by atoms with Crippen LogP contribution in [0.5, 0.6) is 0 Å². The highest BCUT2D eigenvalue weighted by Gasteiger charge is 2.29. The Balaban J connectivity index is 1.73. The van der Waals surface area contributed by atoms with Gasteiger partial charge in [0.2, 0.25) is 5.91 Å². The van der Waals surface area contributed by atoms with Gasteiger partial charge in [0.05, 0.1) is 31.6 Å². The van der Waals surface area contributed by atoms with Gasteiger partial charge in [-0.05, 0) is 36.5 Å². The van der Waals surface area contributed by atoms with Gasteiger partial charge >= 0.3 is 6.03 Å². The summed E-state index contributed by atoms with van der Waals surface area (Å²) in [5.41, 5.74) is 2.65. The van der Waals surface area contributed by atoms with Crippen molar-refractivity contribution in [3.63, 3.8) is 0 Å². The molecule has 2 N–H and O–H groups in total. The molecular formula is C27H42N6O4. The molecule has 3 amide bonds. The Morgan fingerprint density at radius 3 is 2.65 bits per heavy atom. The molecule has 3 atom stereocenters. The van der Waals surface area contributed by atoms with Crippen molar-refractivity contribution < 1.29 is 19.4 Å². The molecule has 0 fully saturated rings. The first-order chi connectivity index (χ1) is 17.5. The van der Waals surface area contributed by atoms with Gasteiger partial charge in [-0.3, -0.25) is 9.48 Å². The lowest BCUT2D eigenvalue weighted by molar-refractivity contribution is -0.136. The standard InChI is InChI=1S/C27H42N6O4/c1-19-14-33(20(2)17-34)25(35)8-7-13-32-15-23(29-30-32)18-37-24(19)16-31(6)26(36)28-22-11-9-21(10-12-22)27(3,4)5/h9-12,15,19-20,24,34H,7-8,13-14,16-18H2,1-6H3,(H,28,36)/t19-,20+,24-/m0/s1. The van der Waals surface area contributed by atoms with E-state index in [0.29, 0.717) is 38.2 Å². The van der Waals surface area contributed by atoms with Gasteiger partial charge in [0.15, 0.2) is 0 Å². The Bertz CT molecular complexity index is 1030. The van der Waals surface area contributed by atoms with E-state index in [0.717, 1.165) is 5.69 Å². The van der Waals surface area contributed by atoms with Crippen molar-refractivity contribution in [3.8, 4) is 0 Å². The number of rotatable bonds is 5. The van der Waals surface area contributed by atoms with Gasteiger partial charge in [-0.2, -0.15) is 0 Å². The minimum Gasteiger partial charge on any atom is -0.394 e. The summed E-state index contributed by atoms with van der Waals surface area (Å²) in [7, 11) is 1.73. The van der Waals surface area contributed by atoms with Crippen LogP contribution in [0, 0.1) is 5.92 Å². The van der Waals surface area contributed by atoms with Crippen LogP contribution in [0.15, 0.2) is 30.5 Å². The monoisotopic (exact) mass is 514 g/mol. The number of fused-ring (bicyclic) bond motifs is 2. The van der Waals surface area contributed by atoms with Crippen LogP contribution in [0.4, 0.5) is 10.5 Å². The Morgan fingerprint density at radius 1 is 1.30 bits per heavy atom. The number of hydrogen-bond acceptors (Lipinski definition) is 6. The summed E-state index contributed by atoms with van der Waals surface area (Å²) in [4.78, 5) is 29.3. The van der Waals surface area contributed by atoms with Gasteiger partial charge in [0.1, 0.15) is 5.69 Å². The largest absolute Gasteiger partial charge is 0.394 e. The van der Waals surface area contributed by atoms with E-state index in [2.05, 4.69) is 36.4 Å². The lowest BCUT2D eigenvalue weighted by atomic mass is 9.87. The fraction of sp³-hybridized carbons (Fsp3) is 0.630. The number of likely N-dealkylation sites (N-methyl/N-ethyl adjacent to an activating group) is 1. The second kappa shape index (κ2) is 12.5. The van der Waals surface area contributed by atoms with E-state index in [1.54, 1.807) is 21.5 Å². The zero-order chi connectivity index (χ0) is 27.2. The highest BCUT2D eigenvalue weighted by atomic mass is 16.5. The van der Waals surface area contributed by atoms with Gasteiger partial charge in [-0.1, -0.05) is 45.0 Å². The predicted octanol–water partition coefficient (Wildman–Crippen LogP) is 3.26. The van der Waals surface area contributed by atoms with Gasteiger partial charge < -0.3 is 25.0 Å². The first-order valence-electron chi connectivity index (χ1n) is 13.0. The third kappa shape index (κ3) is 8.00. The van der Waals surface area contributed by atoms with Gasteiger partial charge in [-0.15, -0.1) is 5.10 Å². The molecule has 0 spiro atoms. The summed E-state index contributed by atoms with van der Waals surface area (Å²) < 4.78 is 7.96. The number of carbonyl (C=O) groups excluding carboxylic acids is 2.